The summed E-state index contributed by atoms with van der Waals surface area (Å²) in [4.78, 5) is 46.2. The molecule has 3 rings (SSSR count). The predicted octanol–water partition coefficient (Wildman–Crippen LogP) is 4.77. The number of sulfonamides is 1. The molecule has 0 fully saturated rings. The van der Waals surface area contributed by atoms with Crippen LogP contribution in [-0.2, 0) is 22.2 Å². The van der Waals surface area contributed by atoms with Gasteiger partial charge >= 0.3 is 0 Å². The van der Waals surface area contributed by atoms with E-state index >= 15 is 0 Å². The van der Waals surface area contributed by atoms with E-state index in [1.165, 1.54) is 28.1 Å². The Hall–Kier alpha value is -4.24. The van der Waals surface area contributed by atoms with Crippen LogP contribution in [0.2, 0.25) is 0 Å². The molecule has 0 spiro atoms. The molecule has 0 aliphatic carbocycles. The van der Waals surface area contributed by atoms with Gasteiger partial charge in [0, 0.05) is 63.0 Å². The van der Waals surface area contributed by atoms with Crippen molar-refractivity contribution in [1.29, 1.82) is 0 Å². The normalized spacial score (nSPS) is 12.7. The summed E-state index contributed by atoms with van der Waals surface area (Å²) in [7, 11) is -0.831. The maximum Gasteiger partial charge on any atom is 0.253 e. The lowest BCUT2D eigenvalue weighted by Gasteiger charge is -2.30. The Bertz CT molecular complexity index is 1730. The molecule has 284 valence electrons. The quantitative estimate of drug-likeness (QED) is 0.142. The highest BCUT2D eigenvalue weighted by atomic mass is 32.2. The molecule has 52 heavy (non-hydrogen) atoms. The highest BCUT2D eigenvalue weighted by molar-refractivity contribution is 7.88. The Kier molecular flexibility index (Phi) is 16.3. The molecular formula is C38H51F2N5O6S. The molecule has 3 N–H and O–H groups in total. The molecule has 0 aliphatic heterocycles. The van der Waals surface area contributed by atoms with E-state index in [1.807, 2.05) is 20.8 Å². The highest BCUT2D eigenvalue weighted by Gasteiger charge is 2.28. The van der Waals surface area contributed by atoms with E-state index in [1.54, 1.807) is 49.3 Å². The van der Waals surface area contributed by atoms with E-state index in [4.69, 9.17) is 0 Å². The molecule has 0 aromatic heterocycles. The van der Waals surface area contributed by atoms with Crippen LogP contribution in [0.1, 0.15) is 88.7 Å². The van der Waals surface area contributed by atoms with Gasteiger partial charge in [-0.1, -0.05) is 57.5 Å². The topological polar surface area (TPSA) is 139 Å². The predicted molar refractivity (Wildman–Crippen MR) is 197 cm³/mol. The summed E-state index contributed by atoms with van der Waals surface area (Å²) in [6.07, 6.45) is 1.00. The summed E-state index contributed by atoms with van der Waals surface area (Å²) in [5, 5.41) is 15.7. The Morgan fingerprint density at radius 1 is 0.769 bits per heavy atom. The zero-order chi connectivity index (χ0) is 38.4. The van der Waals surface area contributed by atoms with Crippen LogP contribution in [0.3, 0.4) is 0 Å². The molecule has 0 saturated carbocycles. The van der Waals surface area contributed by atoms with Gasteiger partial charge in [-0.3, -0.25) is 14.4 Å². The van der Waals surface area contributed by atoms with Crippen molar-refractivity contribution in [3.05, 3.63) is 106 Å². The molecule has 0 aliphatic rings. The minimum absolute atomic E-state index is 0.0435. The first-order valence-corrected chi connectivity index (χ1v) is 19.2. The van der Waals surface area contributed by atoms with Gasteiger partial charge in [-0.2, -0.15) is 0 Å². The summed E-state index contributed by atoms with van der Waals surface area (Å²) >= 11 is 0. The molecule has 0 bridgehead atoms. The monoisotopic (exact) mass is 743 g/mol. The van der Waals surface area contributed by atoms with Crippen LogP contribution >= 0.6 is 0 Å². The minimum Gasteiger partial charge on any atom is -0.390 e. The first-order valence-electron chi connectivity index (χ1n) is 17.5. The summed E-state index contributed by atoms with van der Waals surface area (Å²) in [6, 6.07) is 14.4. The smallest absolute Gasteiger partial charge is 0.253 e. The molecule has 3 aromatic rings. The number of aliphatic hydroxyl groups excluding tert-OH is 1. The standard InChI is InChI=1S/C38H51F2N5O6S/c1-6-9-17-45(42-52(50,51)26-27-13-11-10-12-14-27)25-35(46)34(20-28-18-32(39)24-33(40)19-28)41-36(47)29-21-30(37(48)43(4)5)23-31(22-29)38(49)44(15-7-2)16-8-3/h10-14,18-19,21-24,34-35,42,46H,6-9,15-17,20,25-26H2,1-5H3,(H,41,47). The number of carbonyl (C=O) groups is 3. The molecule has 14 heteroatoms. The van der Waals surface area contributed by atoms with E-state index in [0.717, 1.165) is 12.1 Å². The molecule has 0 radical (unpaired) electrons. The van der Waals surface area contributed by atoms with Crippen LogP contribution in [0.5, 0.6) is 0 Å². The first kappa shape index (κ1) is 42.2. The number of nitrogens with zero attached hydrogens (tertiary/aromatic N) is 3. The molecular weight excluding hydrogens is 693 g/mol. The first-order chi connectivity index (χ1) is 24.7. The van der Waals surface area contributed by atoms with Crippen molar-refractivity contribution < 1.29 is 36.7 Å². The van der Waals surface area contributed by atoms with Crippen molar-refractivity contribution in [2.24, 2.45) is 0 Å². The third-order valence-corrected chi connectivity index (χ3v) is 9.43. The lowest BCUT2D eigenvalue weighted by Crippen LogP contribution is -2.53. The number of hydrogen-bond acceptors (Lipinski definition) is 7. The van der Waals surface area contributed by atoms with Gasteiger partial charge in [0.25, 0.3) is 17.7 Å². The van der Waals surface area contributed by atoms with E-state index < -0.39 is 45.6 Å². The Morgan fingerprint density at radius 3 is 1.90 bits per heavy atom. The maximum absolute atomic E-state index is 14.3. The van der Waals surface area contributed by atoms with Gasteiger partial charge < -0.3 is 20.2 Å². The number of unbranched alkanes of at least 4 members (excludes halogenated alkanes) is 1. The van der Waals surface area contributed by atoms with Gasteiger partial charge in [-0.15, -0.1) is 4.83 Å². The highest BCUT2D eigenvalue weighted by Crippen LogP contribution is 2.18. The summed E-state index contributed by atoms with van der Waals surface area (Å²) in [6.45, 7) is 6.69. The minimum atomic E-state index is -3.91. The van der Waals surface area contributed by atoms with E-state index in [-0.39, 0.29) is 53.4 Å². The van der Waals surface area contributed by atoms with E-state index in [9.17, 15) is 36.7 Å². The molecule has 0 saturated heterocycles. The van der Waals surface area contributed by atoms with Crippen LogP contribution < -0.4 is 10.1 Å². The molecule has 11 nitrogen and oxygen atoms in total. The van der Waals surface area contributed by atoms with Gasteiger partial charge in [-0.25, -0.2) is 22.2 Å². The second kappa shape index (κ2) is 20.1. The number of rotatable bonds is 20. The van der Waals surface area contributed by atoms with Crippen molar-refractivity contribution in [1.82, 2.24) is 25.0 Å². The van der Waals surface area contributed by atoms with Crippen molar-refractivity contribution in [3.8, 4) is 0 Å². The maximum atomic E-state index is 14.3. The Balaban J connectivity index is 1.99. The van der Waals surface area contributed by atoms with Crippen molar-refractivity contribution in [2.75, 3.05) is 40.3 Å². The average Bonchev–Trinajstić information content (AvgIpc) is 3.08. The lowest BCUT2D eigenvalue weighted by atomic mass is 9.98. The van der Waals surface area contributed by atoms with Crippen LogP contribution in [0.15, 0.2) is 66.7 Å². The summed E-state index contributed by atoms with van der Waals surface area (Å²) in [5.41, 5.74) is 0.871. The number of carbonyl (C=O) groups excluding carboxylic acids is 3. The zero-order valence-corrected chi connectivity index (χ0v) is 31.4. The zero-order valence-electron chi connectivity index (χ0n) is 30.6. The van der Waals surface area contributed by atoms with Crippen molar-refractivity contribution >= 4 is 27.7 Å². The fourth-order valence-corrected chi connectivity index (χ4v) is 6.97. The van der Waals surface area contributed by atoms with Gasteiger partial charge in [0.15, 0.2) is 0 Å². The largest absolute Gasteiger partial charge is 0.390 e. The van der Waals surface area contributed by atoms with E-state index in [2.05, 4.69) is 10.1 Å². The van der Waals surface area contributed by atoms with Crippen molar-refractivity contribution in [2.45, 2.75) is 70.8 Å². The number of benzene rings is 3. The van der Waals surface area contributed by atoms with Crippen molar-refractivity contribution in [3.63, 3.8) is 0 Å². The average molecular weight is 744 g/mol. The third kappa shape index (κ3) is 13.1. The Labute approximate surface area is 306 Å². The molecule has 2 atom stereocenters. The fourth-order valence-electron chi connectivity index (χ4n) is 5.72. The number of aliphatic hydroxyl groups is 1. The Morgan fingerprint density at radius 2 is 1.35 bits per heavy atom. The second-order valence-corrected chi connectivity index (χ2v) is 14.8. The second-order valence-electron chi connectivity index (χ2n) is 13.1. The summed E-state index contributed by atoms with van der Waals surface area (Å²) < 4.78 is 54.8. The number of amides is 3. The summed E-state index contributed by atoms with van der Waals surface area (Å²) in [5.74, 6) is -3.57. The SMILES string of the molecule is CCCCN(CC(O)C(Cc1cc(F)cc(F)c1)NC(=O)c1cc(C(=O)N(C)C)cc(C(=O)N(CCC)CCC)c1)NS(=O)(=O)Cc1ccccc1. The van der Waals surface area contributed by atoms with E-state index in [0.29, 0.717) is 50.4 Å². The van der Waals surface area contributed by atoms with Gasteiger partial charge in [-0.05, 0) is 67.1 Å². The van der Waals surface area contributed by atoms with Crippen LogP contribution in [0, 0.1) is 11.6 Å². The molecule has 3 amide bonds. The number of hydrazine groups is 1. The van der Waals surface area contributed by atoms with Crippen LogP contribution in [-0.4, -0.2) is 98.5 Å². The number of halogens is 2. The molecule has 2 unspecified atom stereocenters. The molecule has 0 heterocycles. The van der Waals surface area contributed by atoms with Crippen LogP contribution in [0.4, 0.5) is 8.78 Å². The number of nitrogens with one attached hydrogen (secondary N) is 2. The van der Waals surface area contributed by atoms with Gasteiger partial charge in [0.1, 0.15) is 11.6 Å². The molecule has 3 aromatic carbocycles. The van der Waals surface area contributed by atoms with Gasteiger partial charge in [0.2, 0.25) is 10.0 Å². The fraction of sp³-hybridized carbons (Fsp3) is 0.447. The third-order valence-electron chi connectivity index (χ3n) is 8.19. The number of hydrogen-bond donors (Lipinski definition) is 3. The van der Waals surface area contributed by atoms with Crippen LogP contribution in [0.25, 0.3) is 0 Å². The lowest BCUT2D eigenvalue weighted by molar-refractivity contribution is 0.0614. The van der Waals surface area contributed by atoms with Gasteiger partial charge in [0.05, 0.1) is 17.9 Å².